The van der Waals surface area contributed by atoms with E-state index >= 15 is 0 Å². The summed E-state index contributed by atoms with van der Waals surface area (Å²) in [4.78, 5) is 16.5. The van der Waals surface area contributed by atoms with Crippen LogP contribution in [0.15, 0.2) is 76.8 Å². The molecule has 0 N–H and O–H groups in total. The molecule has 3 rings (SSSR count). The molecular weight excluding hydrogens is 344 g/mol. The Bertz CT molecular complexity index is 934. The van der Waals surface area contributed by atoms with E-state index < -0.39 is 10.8 Å². The number of aryl methyl sites for hydroxylation is 1. The second-order valence-electron chi connectivity index (χ2n) is 6.14. The van der Waals surface area contributed by atoms with Gasteiger partial charge in [0.05, 0.1) is 16.6 Å². The predicted octanol–water partition coefficient (Wildman–Crippen LogP) is 4.02. The minimum Gasteiger partial charge on any atom is -0.312 e. The van der Waals surface area contributed by atoms with E-state index in [9.17, 15) is 9.00 Å². The second kappa shape index (κ2) is 8.72. The van der Waals surface area contributed by atoms with Crippen LogP contribution >= 0.6 is 0 Å². The van der Waals surface area contributed by atoms with Crippen molar-refractivity contribution >= 4 is 10.8 Å². The van der Waals surface area contributed by atoms with Gasteiger partial charge in [0, 0.05) is 18.9 Å². The molecule has 26 heavy (non-hydrogen) atoms. The molecule has 0 spiro atoms. The van der Waals surface area contributed by atoms with Crippen LogP contribution in [0.2, 0.25) is 0 Å². The fourth-order valence-corrected chi connectivity index (χ4v) is 3.85. The fraction of sp³-hybridized carbons (Fsp3) is 0.238. The van der Waals surface area contributed by atoms with Crippen molar-refractivity contribution in [3.05, 3.63) is 82.9 Å². The van der Waals surface area contributed by atoms with Crippen LogP contribution in [0.1, 0.15) is 25.3 Å². The van der Waals surface area contributed by atoms with E-state index in [0.29, 0.717) is 6.54 Å². The van der Waals surface area contributed by atoms with E-state index in [1.807, 2.05) is 42.5 Å². The molecule has 0 aliphatic heterocycles. The third kappa shape index (κ3) is 4.35. The molecule has 4 nitrogen and oxygen atoms in total. The highest BCUT2D eigenvalue weighted by Gasteiger charge is 2.13. The Morgan fingerprint density at radius 1 is 1.00 bits per heavy atom. The first-order valence-corrected chi connectivity index (χ1v) is 10.1. The summed E-state index contributed by atoms with van der Waals surface area (Å²) < 4.78 is 14.3. The molecule has 1 heterocycles. The molecule has 2 aromatic carbocycles. The summed E-state index contributed by atoms with van der Waals surface area (Å²) in [6, 6.07) is 18.0. The molecule has 0 bridgehead atoms. The lowest BCUT2D eigenvalue weighted by Crippen LogP contribution is -2.25. The molecule has 0 aliphatic rings. The van der Waals surface area contributed by atoms with Gasteiger partial charge in [-0.3, -0.25) is 9.00 Å². The molecule has 0 fully saturated rings. The molecule has 1 unspecified atom stereocenters. The summed E-state index contributed by atoms with van der Waals surface area (Å²) in [5.74, 6) is 0.287. The molecule has 0 saturated heterocycles. The monoisotopic (exact) mass is 366 g/mol. The van der Waals surface area contributed by atoms with Crippen LogP contribution in [0.3, 0.4) is 0 Å². The van der Waals surface area contributed by atoms with Crippen LogP contribution in [-0.4, -0.2) is 13.8 Å². The molecule has 1 aromatic heterocycles. The van der Waals surface area contributed by atoms with Crippen LogP contribution in [-0.2, 0) is 23.1 Å². The molecule has 5 heteroatoms. The molecular formula is C21H22N2O2S. The van der Waals surface area contributed by atoms with Crippen LogP contribution in [0.25, 0.3) is 11.1 Å². The summed E-state index contributed by atoms with van der Waals surface area (Å²) in [6.07, 6.45) is 5.13. The summed E-state index contributed by atoms with van der Waals surface area (Å²) in [5.41, 5.74) is 2.93. The largest absolute Gasteiger partial charge is 0.312 e. The number of unbranched alkanes of at least 4 members (excludes halogenated alkanes) is 1. The quantitative estimate of drug-likeness (QED) is 0.635. The van der Waals surface area contributed by atoms with E-state index in [0.717, 1.165) is 29.5 Å². The highest BCUT2D eigenvalue weighted by Crippen LogP contribution is 2.20. The van der Waals surface area contributed by atoms with E-state index in [4.69, 9.17) is 0 Å². The maximum absolute atomic E-state index is 12.7. The Labute approximate surface area is 156 Å². The van der Waals surface area contributed by atoms with Gasteiger partial charge in [0.15, 0.2) is 5.03 Å². The number of benzene rings is 2. The van der Waals surface area contributed by atoms with Crippen molar-refractivity contribution in [1.29, 1.82) is 0 Å². The average Bonchev–Trinajstić information content (AvgIpc) is 2.68. The Hall–Kier alpha value is -2.53. The van der Waals surface area contributed by atoms with Crippen molar-refractivity contribution in [2.75, 3.05) is 0 Å². The van der Waals surface area contributed by atoms with Crippen molar-refractivity contribution < 1.29 is 4.21 Å². The molecule has 0 radical (unpaired) electrons. The topological polar surface area (TPSA) is 52.0 Å². The smallest absolute Gasteiger partial charge is 0.285 e. The van der Waals surface area contributed by atoms with Gasteiger partial charge in [-0.25, -0.2) is 4.98 Å². The van der Waals surface area contributed by atoms with Crippen molar-refractivity contribution in [2.24, 2.45) is 0 Å². The van der Waals surface area contributed by atoms with Gasteiger partial charge in [0.25, 0.3) is 5.56 Å². The Morgan fingerprint density at radius 3 is 2.38 bits per heavy atom. The lowest BCUT2D eigenvalue weighted by molar-refractivity contribution is 0.593. The minimum atomic E-state index is -1.46. The van der Waals surface area contributed by atoms with Crippen LogP contribution in [0.4, 0.5) is 0 Å². The third-order valence-corrected chi connectivity index (χ3v) is 5.52. The Morgan fingerprint density at radius 2 is 1.69 bits per heavy atom. The highest BCUT2D eigenvalue weighted by molar-refractivity contribution is 7.84. The Balaban J connectivity index is 1.75. The number of nitrogens with zero attached hydrogens (tertiary/aromatic N) is 2. The molecule has 0 aliphatic carbocycles. The summed E-state index contributed by atoms with van der Waals surface area (Å²) >= 11 is 0. The molecule has 3 aromatic rings. The zero-order valence-electron chi connectivity index (χ0n) is 14.8. The number of aromatic nitrogens is 2. The molecule has 1 atom stereocenters. The molecule has 0 saturated carbocycles. The first-order chi connectivity index (χ1) is 12.7. The van der Waals surface area contributed by atoms with E-state index in [1.165, 1.54) is 0 Å². The van der Waals surface area contributed by atoms with Gasteiger partial charge in [0.2, 0.25) is 0 Å². The Kier molecular flexibility index (Phi) is 6.12. The van der Waals surface area contributed by atoms with Gasteiger partial charge in [-0.15, -0.1) is 0 Å². The zero-order chi connectivity index (χ0) is 18.4. The van der Waals surface area contributed by atoms with Crippen molar-refractivity contribution in [2.45, 2.75) is 37.1 Å². The molecule has 0 amide bonds. The van der Waals surface area contributed by atoms with Crippen LogP contribution in [0.5, 0.6) is 0 Å². The average molecular weight is 366 g/mol. The lowest BCUT2D eigenvalue weighted by atomic mass is 10.0. The maximum Gasteiger partial charge on any atom is 0.285 e. The summed E-state index contributed by atoms with van der Waals surface area (Å²) in [5, 5.41) is 0.135. The standard InChI is InChI=1S/C21H22N2O2S/c1-2-3-14-23-15-13-22-20(21(23)24)26(25)16-17-9-11-19(12-10-17)18-7-5-4-6-8-18/h4-13,15H,2-3,14,16H2,1H3. The van der Waals surface area contributed by atoms with Gasteiger partial charge in [-0.05, 0) is 23.1 Å². The van der Waals surface area contributed by atoms with Crippen LogP contribution < -0.4 is 5.56 Å². The van der Waals surface area contributed by atoms with E-state index in [-0.39, 0.29) is 16.3 Å². The van der Waals surface area contributed by atoms with E-state index in [2.05, 4.69) is 24.0 Å². The van der Waals surface area contributed by atoms with Gasteiger partial charge < -0.3 is 4.57 Å². The second-order valence-corrected chi connectivity index (χ2v) is 7.50. The lowest BCUT2D eigenvalue weighted by Gasteiger charge is -2.07. The number of hydrogen-bond acceptors (Lipinski definition) is 3. The number of hydrogen-bond donors (Lipinski definition) is 0. The summed E-state index contributed by atoms with van der Waals surface area (Å²) in [7, 11) is -1.46. The van der Waals surface area contributed by atoms with Gasteiger partial charge in [-0.2, -0.15) is 0 Å². The molecule has 134 valence electrons. The SMILES string of the molecule is CCCCn1ccnc(S(=O)Cc2ccc(-c3ccccc3)cc2)c1=O. The highest BCUT2D eigenvalue weighted by atomic mass is 32.2. The van der Waals surface area contributed by atoms with Gasteiger partial charge in [0.1, 0.15) is 0 Å². The predicted molar refractivity (Wildman–Crippen MR) is 105 cm³/mol. The van der Waals surface area contributed by atoms with Crippen LogP contribution in [0, 0.1) is 0 Å². The first-order valence-electron chi connectivity index (χ1n) is 8.77. The first kappa shape index (κ1) is 18.3. The normalized spacial score (nSPS) is 12.0. The fourth-order valence-electron chi connectivity index (χ4n) is 2.73. The van der Waals surface area contributed by atoms with E-state index in [1.54, 1.807) is 17.0 Å². The number of rotatable bonds is 7. The minimum absolute atomic E-state index is 0.135. The van der Waals surface area contributed by atoms with Crippen molar-refractivity contribution in [3.63, 3.8) is 0 Å². The third-order valence-electron chi connectivity index (χ3n) is 4.21. The van der Waals surface area contributed by atoms with Crippen molar-refractivity contribution in [3.8, 4) is 11.1 Å². The van der Waals surface area contributed by atoms with Crippen molar-refractivity contribution in [1.82, 2.24) is 9.55 Å². The zero-order valence-corrected chi connectivity index (χ0v) is 15.6. The summed E-state index contributed by atoms with van der Waals surface area (Å²) in [6.45, 7) is 2.71. The maximum atomic E-state index is 12.7. The van der Waals surface area contributed by atoms with Gasteiger partial charge in [-0.1, -0.05) is 67.9 Å². The van der Waals surface area contributed by atoms with Gasteiger partial charge >= 0.3 is 0 Å².